The molecule has 4 rings (SSSR count). The predicted molar refractivity (Wildman–Crippen MR) is 187 cm³/mol. The van der Waals surface area contributed by atoms with Crippen molar-refractivity contribution >= 4 is 172 Å². The van der Waals surface area contributed by atoms with Gasteiger partial charge in [0.25, 0.3) is 0 Å². The van der Waals surface area contributed by atoms with E-state index in [9.17, 15) is 0 Å². The minimum atomic E-state index is 0.973. The Hall–Kier alpha value is 2.56. The third kappa shape index (κ3) is 7.00. The Balaban J connectivity index is 1.77. The molecule has 0 atom stereocenters. The van der Waals surface area contributed by atoms with Gasteiger partial charge in [-0.1, -0.05) is 99.2 Å². The molecule has 184 valence electrons. The minimum absolute atomic E-state index is 0.973. The summed E-state index contributed by atoms with van der Waals surface area (Å²) in [5.41, 5.74) is 0. The van der Waals surface area contributed by atoms with E-state index >= 15 is 0 Å². The maximum absolute atomic E-state index is 5.87. The average molecular weight is 709 g/mol. The minimum Gasteiger partial charge on any atom is -0.120 e. The van der Waals surface area contributed by atoms with Crippen molar-refractivity contribution in [2.24, 2.45) is 0 Å². The molecule has 0 nitrogen and oxygen atoms in total. The Bertz CT molecular complexity index is 1290. The molecule has 0 saturated heterocycles. The molecular formula is C20H20S14. The molecule has 2 aromatic heterocycles. The smallest absolute Gasteiger partial charge is 0.110 e. The molecule has 0 aliphatic carbocycles. The van der Waals surface area contributed by atoms with Crippen LogP contribution in [-0.2, 0) is 0 Å². The van der Waals surface area contributed by atoms with Crippen molar-refractivity contribution in [3.8, 4) is 0 Å². The summed E-state index contributed by atoms with van der Waals surface area (Å²) in [6.07, 6.45) is 0. The van der Waals surface area contributed by atoms with E-state index in [2.05, 4.69) is 27.7 Å². The Morgan fingerprint density at radius 2 is 0.794 bits per heavy atom. The van der Waals surface area contributed by atoms with Crippen LogP contribution in [0.25, 0.3) is 8.47 Å². The van der Waals surface area contributed by atoms with Gasteiger partial charge in [-0.15, -0.1) is 92.4 Å². The Morgan fingerprint density at radius 1 is 0.500 bits per heavy atom. The summed E-state index contributed by atoms with van der Waals surface area (Å²) in [5, 5.41) is 0. The molecule has 2 aromatic rings. The van der Waals surface area contributed by atoms with Crippen LogP contribution in [0.1, 0.15) is 27.7 Å². The fraction of sp³-hybridized carbons (Fsp3) is 0.400. The van der Waals surface area contributed by atoms with E-state index in [0.717, 1.165) is 30.7 Å². The Morgan fingerprint density at radius 3 is 1.06 bits per heavy atom. The van der Waals surface area contributed by atoms with Crippen LogP contribution in [0.15, 0.2) is 16.9 Å². The highest BCUT2D eigenvalue weighted by Gasteiger charge is 2.24. The molecule has 0 N–H and O–H groups in total. The zero-order valence-corrected chi connectivity index (χ0v) is 30.0. The highest BCUT2D eigenvalue weighted by atomic mass is 32.3. The molecule has 34 heavy (non-hydrogen) atoms. The van der Waals surface area contributed by atoms with Crippen LogP contribution < -0.4 is 7.69 Å². The first kappa shape index (κ1) is 29.5. The first-order valence-corrected chi connectivity index (χ1v) is 21.5. The van der Waals surface area contributed by atoms with Crippen LogP contribution in [0.3, 0.4) is 0 Å². The second-order valence-electron chi connectivity index (χ2n) is 6.08. The Kier molecular flexibility index (Phi) is 12.4. The quantitative estimate of drug-likeness (QED) is 0.242. The van der Waals surface area contributed by atoms with E-state index in [1.165, 1.54) is 42.2 Å². The van der Waals surface area contributed by atoms with Crippen LogP contribution in [0.5, 0.6) is 0 Å². The maximum Gasteiger partial charge on any atom is 0.110 e. The van der Waals surface area contributed by atoms with Gasteiger partial charge in [-0.25, -0.2) is 0 Å². The average Bonchev–Trinajstić information content (AvgIpc) is 3.56. The topological polar surface area (TPSA) is 0 Å². The van der Waals surface area contributed by atoms with Gasteiger partial charge in [-0.05, 0) is 23.0 Å². The lowest BCUT2D eigenvalue weighted by Gasteiger charge is -1.99. The Labute approximate surface area is 260 Å². The predicted octanol–water partition coefficient (Wildman–Crippen LogP) is 11.0. The number of hydrogen-bond donors (Lipinski definition) is 0. The molecule has 2 aliphatic heterocycles. The van der Waals surface area contributed by atoms with Gasteiger partial charge in [-0.2, -0.15) is 0 Å². The highest BCUT2D eigenvalue weighted by Crippen LogP contribution is 2.59. The lowest BCUT2D eigenvalue weighted by atomic mass is 10.7. The zero-order valence-electron chi connectivity index (χ0n) is 18.5. The SMILES string of the molecule is CCSC1=C(SCC)SC(=c2sc(=S)/c(=c3\sc(=C4SC(SCC)=C(SCC)S4)sc3=S)s2)S1. The second-order valence-corrected chi connectivity index (χ2v) is 22.7. The van der Waals surface area contributed by atoms with E-state index in [4.69, 9.17) is 24.4 Å². The van der Waals surface area contributed by atoms with Crippen LogP contribution in [0.2, 0.25) is 0 Å². The lowest BCUT2D eigenvalue weighted by molar-refractivity contribution is 1.53. The maximum atomic E-state index is 5.87. The molecule has 2 aliphatic rings. The van der Waals surface area contributed by atoms with Crippen molar-refractivity contribution < 1.29 is 0 Å². The first-order valence-electron chi connectivity index (χ1n) is 10.2. The van der Waals surface area contributed by atoms with Crippen molar-refractivity contribution in [2.45, 2.75) is 27.7 Å². The second kappa shape index (κ2) is 14.3. The number of rotatable bonds is 8. The molecular weight excluding hydrogens is 689 g/mol. The molecule has 0 aromatic carbocycles. The van der Waals surface area contributed by atoms with E-state index < -0.39 is 0 Å². The molecule has 14 heteroatoms. The summed E-state index contributed by atoms with van der Waals surface area (Å²) >= 11 is 34.4. The summed E-state index contributed by atoms with van der Waals surface area (Å²) < 4.78 is 15.6. The van der Waals surface area contributed by atoms with Gasteiger partial charge in [0, 0.05) is 0 Å². The van der Waals surface area contributed by atoms with Gasteiger partial charge in [0.2, 0.25) is 0 Å². The van der Waals surface area contributed by atoms with Crippen LogP contribution in [-0.4, -0.2) is 23.0 Å². The van der Waals surface area contributed by atoms with Gasteiger partial charge in [0.1, 0.15) is 15.3 Å². The van der Waals surface area contributed by atoms with Crippen molar-refractivity contribution in [3.05, 3.63) is 41.4 Å². The van der Waals surface area contributed by atoms with Crippen molar-refractivity contribution in [1.29, 1.82) is 0 Å². The molecule has 0 radical (unpaired) electrons. The van der Waals surface area contributed by atoms with E-state index in [0.29, 0.717) is 0 Å². The summed E-state index contributed by atoms with van der Waals surface area (Å²) in [4.78, 5) is 0. The zero-order chi connectivity index (χ0) is 24.2. The molecule has 4 heterocycles. The fourth-order valence-electron chi connectivity index (χ4n) is 2.61. The van der Waals surface area contributed by atoms with Gasteiger partial charge in [0.15, 0.2) is 0 Å². The van der Waals surface area contributed by atoms with Crippen LogP contribution >= 0.6 is 164 Å². The summed E-state index contributed by atoms with van der Waals surface area (Å²) in [6, 6.07) is 0. The molecule has 0 fully saturated rings. The normalized spacial score (nSPS) is 17.6. The first-order chi connectivity index (χ1) is 16.5. The summed E-state index contributed by atoms with van der Waals surface area (Å²) in [5.74, 6) is 4.42. The standard InChI is InChI=1S/C20H20S14/c1-5-23-13-14(24-6-2)32-19(31-13)17-27-9(11(21)29-17)10-12(22)30-18(28-10)20-33-15(25-7-3)16(34-20)26-8-4/h5-8H2,1-4H3/b10-9+. The third-order valence-electron chi connectivity index (χ3n) is 3.85. The van der Waals surface area contributed by atoms with Crippen molar-refractivity contribution in [3.63, 3.8) is 0 Å². The van der Waals surface area contributed by atoms with Gasteiger partial charge >= 0.3 is 0 Å². The van der Waals surface area contributed by atoms with E-state index in [1.54, 1.807) is 22.7 Å². The summed E-state index contributed by atoms with van der Waals surface area (Å²) in [6.45, 7) is 8.91. The number of thioether (sulfide) groups is 8. The molecule has 0 amide bonds. The van der Waals surface area contributed by atoms with E-state index in [-0.39, 0.29) is 0 Å². The van der Waals surface area contributed by atoms with Crippen molar-refractivity contribution in [1.82, 2.24) is 0 Å². The van der Waals surface area contributed by atoms with Crippen LogP contribution in [0, 0.1) is 16.7 Å². The third-order valence-corrected chi connectivity index (χ3v) is 21.6. The summed E-state index contributed by atoms with van der Waals surface area (Å²) in [7, 11) is 0. The number of hydrogen-bond acceptors (Lipinski definition) is 14. The largest absolute Gasteiger partial charge is 0.120 e. The molecule has 0 unspecified atom stereocenters. The van der Waals surface area contributed by atoms with Gasteiger partial charge in [-0.3, -0.25) is 0 Å². The molecule has 0 bridgehead atoms. The van der Waals surface area contributed by atoms with Gasteiger partial charge < -0.3 is 0 Å². The van der Waals surface area contributed by atoms with E-state index in [1.807, 2.05) is 117 Å². The van der Waals surface area contributed by atoms with Crippen LogP contribution in [0.4, 0.5) is 0 Å². The fourth-order valence-corrected chi connectivity index (χ4v) is 20.8. The monoisotopic (exact) mass is 708 g/mol. The van der Waals surface area contributed by atoms with Crippen molar-refractivity contribution in [2.75, 3.05) is 23.0 Å². The molecule has 0 saturated carbocycles. The lowest BCUT2D eigenvalue weighted by Crippen LogP contribution is -1.86. The molecule has 0 spiro atoms. The van der Waals surface area contributed by atoms with Gasteiger partial charge in [0.05, 0.1) is 34.5 Å². The highest BCUT2D eigenvalue weighted by molar-refractivity contribution is 8.46.